The average molecular weight is 308 g/mol. The van der Waals surface area contributed by atoms with Gasteiger partial charge in [-0.1, -0.05) is 31.4 Å². The van der Waals surface area contributed by atoms with Crippen LogP contribution in [0, 0.1) is 0 Å². The summed E-state index contributed by atoms with van der Waals surface area (Å²) in [6.07, 6.45) is 5.56. The first-order valence-electron chi connectivity index (χ1n) is 8.06. The topological polar surface area (TPSA) is 32.3 Å². The Balaban J connectivity index is 1.82. The van der Waals surface area contributed by atoms with Crippen molar-refractivity contribution in [2.75, 3.05) is 5.75 Å². The minimum atomic E-state index is -0.435. The van der Waals surface area contributed by atoms with Gasteiger partial charge in [0.2, 0.25) is 0 Å². The highest BCUT2D eigenvalue weighted by atomic mass is 32.2. The van der Waals surface area contributed by atoms with Crippen molar-refractivity contribution in [3.63, 3.8) is 0 Å². The van der Waals surface area contributed by atoms with Crippen LogP contribution in [0.5, 0.6) is 0 Å². The summed E-state index contributed by atoms with van der Waals surface area (Å²) in [5, 5.41) is 14.0. The van der Waals surface area contributed by atoms with Gasteiger partial charge in [0.25, 0.3) is 0 Å². The third kappa shape index (κ3) is 6.01. The number of nitrogens with one attached hydrogen (secondary N) is 1. The Bertz CT molecular complexity index is 430. The first kappa shape index (κ1) is 16.9. The molecule has 1 aliphatic carbocycles. The molecule has 2 rings (SSSR count). The van der Waals surface area contributed by atoms with Crippen LogP contribution < -0.4 is 5.32 Å². The third-order valence-corrected chi connectivity index (χ3v) is 5.33. The molecule has 0 saturated heterocycles. The van der Waals surface area contributed by atoms with Crippen molar-refractivity contribution in [3.8, 4) is 0 Å². The van der Waals surface area contributed by atoms with Crippen LogP contribution in [0.4, 0.5) is 0 Å². The molecule has 1 aromatic rings. The molecule has 0 aromatic heterocycles. The number of aliphatic hydroxyl groups is 1. The summed E-state index contributed by atoms with van der Waals surface area (Å²) in [6, 6.07) is 8.73. The zero-order valence-electron chi connectivity index (χ0n) is 13.6. The maximum atomic E-state index is 10.5. The van der Waals surface area contributed by atoms with Crippen molar-refractivity contribution in [2.24, 2.45) is 0 Å². The molecule has 0 unspecified atom stereocenters. The molecular weight excluding hydrogens is 278 g/mol. The van der Waals surface area contributed by atoms with Crippen molar-refractivity contribution in [2.45, 2.75) is 75.5 Å². The van der Waals surface area contributed by atoms with E-state index in [0.29, 0.717) is 0 Å². The van der Waals surface area contributed by atoms with E-state index in [9.17, 15) is 5.11 Å². The predicted octanol–water partition coefficient (Wildman–Crippen LogP) is 4.36. The van der Waals surface area contributed by atoms with Gasteiger partial charge in [-0.2, -0.15) is 0 Å². The van der Waals surface area contributed by atoms with Gasteiger partial charge in [0.1, 0.15) is 0 Å². The van der Waals surface area contributed by atoms with Crippen molar-refractivity contribution in [1.82, 2.24) is 5.32 Å². The summed E-state index contributed by atoms with van der Waals surface area (Å²) in [6.45, 7) is 7.45. The van der Waals surface area contributed by atoms with Crippen LogP contribution in [0.2, 0.25) is 0 Å². The molecule has 1 aromatic carbocycles. The van der Waals surface area contributed by atoms with Gasteiger partial charge in [-0.15, -0.1) is 11.8 Å². The van der Waals surface area contributed by atoms with Crippen LogP contribution in [0.15, 0.2) is 29.2 Å². The van der Waals surface area contributed by atoms with E-state index >= 15 is 0 Å². The number of hydrogen-bond donors (Lipinski definition) is 2. The van der Waals surface area contributed by atoms with Crippen LogP contribution in [-0.2, 0) is 6.54 Å². The molecule has 0 aliphatic heterocycles. The molecule has 3 heteroatoms. The maximum Gasteiger partial charge on any atom is 0.0741 e. The lowest BCUT2D eigenvalue weighted by atomic mass is 9.86. The van der Waals surface area contributed by atoms with Crippen LogP contribution in [0.3, 0.4) is 0 Å². The Morgan fingerprint density at radius 1 is 1.10 bits per heavy atom. The molecule has 21 heavy (non-hydrogen) atoms. The van der Waals surface area contributed by atoms with Gasteiger partial charge >= 0.3 is 0 Å². The van der Waals surface area contributed by atoms with Crippen LogP contribution in [0.25, 0.3) is 0 Å². The van der Waals surface area contributed by atoms with Gasteiger partial charge < -0.3 is 10.4 Å². The Hall–Kier alpha value is -0.510. The monoisotopic (exact) mass is 307 g/mol. The summed E-state index contributed by atoms with van der Waals surface area (Å²) < 4.78 is 0. The van der Waals surface area contributed by atoms with Crippen LogP contribution in [-0.4, -0.2) is 22.0 Å². The Kier molecular flexibility index (Phi) is 5.75. The smallest absolute Gasteiger partial charge is 0.0741 e. The second kappa shape index (κ2) is 7.17. The van der Waals surface area contributed by atoms with Crippen molar-refractivity contribution in [1.29, 1.82) is 0 Å². The van der Waals surface area contributed by atoms with Crippen molar-refractivity contribution < 1.29 is 5.11 Å². The molecule has 0 amide bonds. The average Bonchev–Trinajstić information content (AvgIpc) is 2.44. The lowest BCUT2D eigenvalue weighted by molar-refractivity contribution is 0.0273. The summed E-state index contributed by atoms with van der Waals surface area (Å²) >= 11 is 1.79. The van der Waals surface area contributed by atoms with E-state index in [1.54, 1.807) is 11.8 Å². The largest absolute Gasteiger partial charge is 0.389 e. The van der Waals surface area contributed by atoms with E-state index in [0.717, 1.165) is 25.1 Å². The fourth-order valence-corrected chi connectivity index (χ4v) is 3.70. The molecule has 1 aliphatic rings. The van der Waals surface area contributed by atoms with Crippen LogP contribution >= 0.6 is 11.8 Å². The highest BCUT2D eigenvalue weighted by Gasteiger charge is 2.28. The number of hydrogen-bond acceptors (Lipinski definition) is 3. The summed E-state index contributed by atoms with van der Waals surface area (Å²) in [7, 11) is 0. The lowest BCUT2D eigenvalue weighted by Crippen LogP contribution is -2.35. The van der Waals surface area contributed by atoms with Gasteiger partial charge in [-0.25, -0.2) is 0 Å². The molecule has 118 valence electrons. The maximum absolute atomic E-state index is 10.5. The highest BCUT2D eigenvalue weighted by molar-refractivity contribution is 7.99. The molecule has 0 spiro atoms. The van der Waals surface area contributed by atoms with Crippen molar-refractivity contribution >= 4 is 11.8 Å². The summed E-state index contributed by atoms with van der Waals surface area (Å²) in [5.74, 6) is 0.826. The highest BCUT2D eigenvalue weighted by Crippen LogP contribution is 2.33. The number of benzene rings is 1. The molecule has 2 nitrogen and oxygen atoms in total. The van der Waals surface area contributed by atoms with Gasteiger partial charge in [-0.05, 0) is 51.3 Å². The standard InChI is InChI=1S/C18H29NOS/c1-17(2,3)19-13-15-7-9-16(10-8-15)21-14-18(20)11-5-4-6-12-18/h7-10,19-20H,4-6,11-14H2,1-3H3. The fourth-order valence-electron chi connectivity index (χ4n) is 2.64. The molecule has 0 atom stereocenters. The molecule has 2 N–H and O–H groups in total. The van der Waals surface area contributed by atoms with Gasteiger partial charge in [-0.3, -0.25) is 0 Å². The molecule has 0 bridgehead atoms. The van der Waals surface area contributed by atoms with E-state index in [-0.39, 0.29) is 5.54 Å². The summed E-state index contributed by atoms with van der Waals surface area (Å²) in [4.78, 5) is 1.26. The molecule has 1 saturated carbocycles. The van der Waals surface area contributed by atoms with E-state index < -0.39 is 5.60 Å². The van der Waals surface area contributed by atoms with Gasteiger partial charge in [0, 0.05) is 22.7 Å². The SMILES string of the molecule is CC(C)(C)NCc1ccc(SCC2(O)CCCCC2)cc1. The van der Waals surface area contributed by atoms with Gasteiger partial charge in [0.05, 0.1) is 5.60 Å². The number of thioether (sulfide) groups is 1. The van der Waals surface area contributed by atoms with Crippen molar-refractivity contribution in [3.05, 3.63) is 29.8 Å². The fraction of sp³-hybridized carbons (Fsp3) is 0.667. The Morgan fingerprint density at radius 2 is 1.71 bits per heavy atom. The zero-order valence-corrected chi connectivity index (χ0v) is 14.4. The minimum Gasteiger partial charge on any atom is -0.389 e. The number of rotatable bonds is 5. The summed E-state index contributed by atoms with van der Waals surface area (Å²) in [5.41, 5.74) is 1.03. The zero-order chi connectivity index (χ0) is 15.3. The first-order chi connectivity index (χ1) is 9.86. The van der Waals surface area contributed by atoms with E-state index in [1.807, 2.05) is 0 Å². The molecule has 0 heterocycles. The third-order valence-electron chi connectivity index (χ3n) is 4.04. The molecule has 1 fully saturated rings. The predicted molar refractivity (Wildman–Crippen MR) is 91.8 cm³/mol. The van der Waals surface area contributed by atoms with E-state index in [1.165, 1.54) is 29.7 Å². The molecular formula is C18H29NOS. The van der Waals surface area contributed by atoms with Gasteiger partial charge in [0.15, 0.2) is 0 Å². The Labute approximate surface area is 133 Å². The lowest BCUT2D eigenvalue weighted by Gasteiger charge is -2.31. The second-order valence-electron chi connectivity index (χ2n) is 7.32. The first-order valence-corrected chi connectivity index (χ1v) is 9.04. The van der Waals surface area contributed by atoms with Crippen LogP contribution in [0.1, 0.15) is 58.4 Å². The van der Waals surface area contributed by atoms with E-state index in [4.69, 9.17) is 0 Å². The molecule has 0 radical (unpaired) electrons. The quantitative estimate of drug-likeness (QED) is 0.793. The van der Waals surface area contributed by atoms with E-state index in [2.05, 4.69) is 50.4 Å². The minimum absolute atomic E-state index is 0.150. The second-order valence-corrected chi connectivity index (χ2v) is 8.37. The normalized spacial score (nSPS) is 18.7. The Morgan fingerprint density at radius 3 is 2.29 bits per heavy atom.